The van der Waals surface area contributed by atoms with E-state index in [9.17, 15) is 14.0 Å². The van der Waals surface area contributed by atoms with E-state index in [4.69, 9.17) is 0 Å². The van der Waals surface area contributed by atoms with Gasteiger partial charge in [0.1, 0.15) is 11.5 Å². The number of hydrazine groups is 1. The van der Waals surface area contributed by atoms with Crippen LogP contribution >= 0.6 is 0 Å². The van der Waals surface area contributed by atoms with E-state index in [0.29, 0.717) is 37.6 Å². The van der Waals surface area contributed by atoms with Gasteiger partial charge in [-0.25, -0.2) is 9.40 Å². The van der Waals surface area contributed by atoms with Crippen molar-refractivity contribution in [3.63, 3.8) is 0 Å². The zero-order valence-electron chi connectivity index (χ0n) is 16.3. The van der Waals surface area contributed by atoms with Crippen molar-refractivity contribution < 1.29 is 14.0 Å². The molecular weight excluding hydrogens is 371 g/mol. The van der Waals surface area contributed by atoms with Crippen LogP contribution in [0.3, 0.4) is 0 Å². The van der Waals surface area contributed by atoms with Crippen molar-refractivity contribution in [1.29, 1.82) is 0 Å². The molecule has 0 bridgehead atoms. The number of piperazine rings is 1. The molecule has 2 aliphatic rings. The number of benzene rings is 2. The van der Waals surface area contributed by atoms with Crippen LogP contribution in [-0.2, 0) is 9.59 Å². The van der Waals surface area contributed by atoms with Gasteiger partial charge in [-0.1, -0.05) is 30.3 Å². The highest BCUT2D eigenvalue weighted by molar-refractivity contribution is 6.01. The predicted molar refractivity (Wildman–Crippen MR) is 110 cm³/mol. The quantitative estimate of drug-likeness (QED) is 0.870. The van der Waals surface area contributed by atoms with Gasteiger partial charge in [0.15, 0.2) is 0 Å². The lowest BCUT2D eigenvalue weighted by molar-refractivity contribution is -0.128. The summed E-state index contributed by atoms with van der Waals surface area (Å²) in [5, 5.41) is 1.44. The minimum atomic E-state index is -0.253. The molecule has 0 aromatic heterocycles. The van der Waals surface area contributed by atoms with Crippen LogP contribution in [0, 0.1) is 12.7 Å². The second-order valence-corrected chi connectivity index (χ2v) is 7.18. The predicted octanol–water partition coefficient (Wildman–Crippen LogP) is 2.61. The second kappa shape index (κ2) is 7.95. The molecule has 1 N–H and O–H groups in total. The summed E-state index contributed by atoms with van der Waals surface area (Å²) in [7, 11) is 0. The van der Waals surface area contributed by atoms with Gasteiger partial charge in [-0.3, -0.25) is 15.0 Å². The number of amides is 2. The number of hydrogen-bond acceptors (Lipinski definition) is 4. The summed E-state index contributed by atoms with van der Waals surface area (Å²) in [5.74, 6) is -0.513. The molecular formula is C22H23FN4O2. The minimum absolute atomic E-state index is 0.111. The largest absolute Gasteiger partial charge is 0.366 e. The van der Waals surface area contributed by atoms with E-state index >= 15 is 0 Å². The normalized spacial score (nSPS) is 17.1. The van der Waals surface area contributed by atoms with Crippen molar-refractivity contribution in [2.75, 3.05) is 36.1 Å². The van der Waals surface area contributed by atoms with E-state index in [1.807, 2.05) is 42.2 Å². The molecule has 0 saturated carbocycles. The van der Waals surface area contributed by atoms with Gasteiger partial charge in [-0.2, -0.15) is 0 Å². The molecule has 2 aliphatic heterocycles. The van der Waals surface area contributed by atoms with Gasteiger partial charge in [-0.15, -0.1) is 0 Å². The minimum Gasteiger partial charge on any atom is -0.366 e. The van der Waals surface area contributed by atoms with Crippen molar-refractivity contribution >= 4 is 23.2 Å². The average Bonchev–Trinajstić information content (AvgIpc) is 2.75. The Bertz CT molecular complexity index is 967. The van der Waals surface area contributed by atoms with Gasteiger partial charge in [0.2, 0.25) is 5.91 Å². The van der Waals surface area contributed by atoms with Crippen molar-refractivity contribution in [2.45, 2.75) is 13.3 Å². The topological polar surface area (TPSA) is 55.9 Å². The first-order valence-electron chi connectivity index (χ1n) is 9.69. The number of halogens is 1. The summed E-state index contributed by atoms with van der Waals surface area (Å²) in [4.78, 5) is 29.1. The Hall–Kier alpha value is -3.35. The van der Waals surface area contributed by atoms with E-state index in [-0.39, 0.29) is 24.1 Å². The monoisotopic (exact) mass is 394 g/mol. The Labute approximate surface area is 169 Å². The molecule has 1 saturated heterocycles. The molecule has 0 atom stereocenters. The highest BCUT2D eigenvalue weighted by Crippen LogP contribution is 2.23. The van der Waals surface area contributed by atoms with E-state index < -0.39 is 0 Å². The summed E-state index contributed by atoms with van der Waals surface area (Å²) < 4.78 is 14.0. The fourth-order valence-electron chi connectivity index (χ4n) is 3.68. The highest BCUT2D eigenvalue weighted by Gasteiger charge is 2.29. The average molecular weight is 394 g/mol. The second-order valence-electron chi connectivity index (χ2n) is 7.18. The molecule has 0 spiro atoms. The van der Waals surface area contributed by atoms with Crippen LogP contribution in [0.1, 0.15) is 12.0 Å². The van der Waals surface area contributed by atoms with Crippen LogP contribution in [-0.4, -0.2) is 42.9 Å². The molecule has 4 rings (SSSR count). The number of aryl methyl sites for hydroxylation is 1. The van der Waals surface area contributed by atoms with Gasteiger partial charge in [0.25, 0.3) is 5.91 Å². The molecule has 0 radical (unpaired) electrons. The number of rotatable bonds is 3. The van der Waals surface area contributed by atoms with Gasteiger partial charge < -0.3 is 9.80 Å². The lowest BCUT2D eigenvalue weighted by Crippen LogP contribution is -2.54. The number of hydrogen-bond donors (Lipinski definition) is 1. The van der Waals surface area contributed by atoms with Gasteiger partial charge in [0, 0.05) is 32.6 Å². The number of nitrogens with zero attached hydrogens (tertiary/aromatic N) is 3. The lowest BCUT2D eigenvalue weighted by atomic mass is 10.1. The number of nitrogens with one attached hydrogen (secondary N) is 1. The summed E-state index contributed by atoms with van der Waals surface area (Å²) in [5.41, 5.74) is 5.63. The summed E-state index contributed by atoms with van der Waals surface area (Å²) in [6, 6.07) is 14.2. The van der Waals surface area contributed by atoms with Crippen LogP contribution in [0.25, 0.3) is 0 Å². The molecule has 0 aliphatic carbocycles. The molecule has 2 aromatic carbocycles. The molecule has 2 aromatic rings. The number of carbonyl (C=O) groups excluding carboxylic acids is 2. The Kier molecular flexibility index (Phi) is 5.20. The van der Waals surface area contributed by atoms with Crippen LogP contribution < -0.4 is 15.3 Å². The number of para-hydroxylation sites is 2. The molecule has 2 heterocycles. The standard InChI is InChI=1S/C22H23FN4O2/c1-16-6-2-4-8-19(16)27-21(28)11-10-18(24-27)22(29)26-14-12-25(13-15-26)20-9-5-3-7-17(20)23/h2-10,24H,11-15H2,1H3. The van der Waals surface area contributed by atoms with Crippen molar-refractivity contribution in [3.05, 3.63) is 71.7 Å². The SMILES string of the molecule is Cc1ccccc1N1NC(C(=O)N2CCN(c3ccccc3F)CC2)=CCC1=O. The summed E-state index contributed by atoms with van der Waals surface area (Å²) >= 11 is 0. The zero-order valence-corrected chi connectivity index (χ0v) is 16.3. The fraction of sp³-hybridized carbons (Fsp3) is 0.273. The summed E-state index contributed by atoms with van der Waals surface area (Å²) in [6.07, 6.45) is 1.81. The number of anilines is 2. The number of carbonyl (C=O) groups is 2. The molecule has 29 heavy (non-hydrogen) atoms. The molecule has 7 heteroatoms. The third-order valence-corrected chi connectivity index (χ3v) is 5.31. The van der Waals surface area contributed by atoms with Gasteiger partial charge >= 0.3 is 0 Å². The van der Waals surface area contributed by atoms with E-state index in [1.54, 1.807) is 23.1 Å². The Morgan fingerprint density at radius 3 is 2.31 bits per heavy atom. The van der Waals surface area contributed by atoms with E-state index in [1.165, 1.54) is 11.1 Å². The third-order valence-electron chi connectivity index (χ3n) is 5.31. The Morgan fingerprint density at radius 1 is 0.966 bits per heavy atom. The Morgan fingerprint density at radius 2 is 1.62 bits per heavy atom. The Balaban J connectivity index is 1.43. The molecule has 6 nitrogen and oxygen atoms in total. The molecule has 150 valence electrons. The van der Waals surface area contributed by atoms with E-state index in [2.05, 4.69) is 5.43 Å². The van der Waals surface area contributed by atoms with Crippen LogP contribution in [0.15, 0.2) is 60.3 Å². The van der Waals surface area contributed by atoms with Crippen LogP contribution in [0.2, 0.25) is 0 Å². The van der Waals surface area contributed by atoms with Crippen molar-refractivity contribution in [3.8, 4) is 0 Å². The van der Waals surface area contributed by atoms with Gasteiger partial charge in [0.05, 0.1) is 11.4 Å². The smallest absolute Gasteiger partial charge is 0.271 e. The lowest BCUT2D eigenvalue weighted by Gasteiger charge is -2.38. The highest BCUT2D eigenvalue weighted by atomic mass is 19.1. The first kappa shape index (κ1) is 19.0. The maximum absolute atomic E-state index is 14.0. The maximum Gasteiger partial charge on any atom is 0.271 e. The van der Waals surface area contributed by atoms with Crippen LogP contribution in [0.4, 0.5) is 15.8 Å². The van der Waals surface area contributed by atoms with Gasteiger partial charge in [-0.05, 0) is 36.8 Å². The van der Waals surface area contributed by atoms with E-state index in [0.717, 1.165) is 11.3 Å². The molecule has 1 fully saturated rings. The first-order valence-corrected chi connectivity index (χ1v) is 9.69. The molecule has 0 unspecified atom stereocenters. The third kappa shape index (κ3) is 3.81. The summed E-state index contributed by atoms with van der Waals surface area (Å²) in [6.45, 7) is 4.02. The molecule has 2 amide bonds. The fourth-order valence-corrected chi connectivity index (χ4v) is 3.68. The van der Waals surface area contributed by atoms with Crippen molar-refractivity contribution in [2.24, 2.45) is 0 Å². The van der Waals surface area contributed by atoms with Crippen LogP contribution in [0.5, 0.6) is 0 Å². The zero-order chi connectivity index (χ0) is 20.4. The maximum atomic E-state index is 14.0. The first-order chi connectivity index (χ1) is 14.0. The van der Waals surface area contributed by atoms with Crippen molar-refractivity contribution in [1.82, 2.24) is 10.3 Å².